The van der Waals surface area contributed by atoms with Gasteiger partial charge in [0.05, 0.1) is 0 Å². The third-order valence-electron chi connectivity index (χ3n) is 4.03. The summed E-state index contributed by atoms with van der Waals surface area (Å²) in [5, 5.41) is 5.02. The van der Waals surface area contributed by atoms with Gasteiger partial charge in [0.1, 0.15) is 0 Å². The zero-order valence-corrected chi connectivity index (χ0v) is 14.7. The van der Waals surface area contributed by atoms with Crippen LogP contribution in [0, 0.1) is 0 Å². The highest BCUT2D eigenvalue weighted by Gasteiger charge is 2.46. The Morgan fingerprint density at radius 2 is 1.36 bits per heavy atom. The summed E-state index contributed by atoms with van der Waals surface area (Å²) in [6.07, 6.45) is 1.48. The topological polar surface area (TPSA) is 61.4 Å². The fraction of sp³-hybridized carbons (Fsp3) is 0.647. The van der Waals surface area contributed by atoms with Crippen molar-refractivity contribution in [2.75, 3.05) is 0 Å². The summed E-state index contributed by atoms with van der Waals surface area (Å²) in [4.78, 5) is 23.9. The summed E-state index contributed by atoms with van der Waals surface area (Å²) in [5.74, 6) is -0.290. The van der Waals surface area contributed by atoms with Crippen molar-refractivity contribution in [1.29, 1.82) is 0 Å². The number of amides is 2. The number of nitrogens with zero attached hydrogens (tertiary/aromatic N) is 1. The predicted molar refractivity (Wildman–Crippen MR) is 88.9 cm³/mol. The molecular weight excluding hydrogens is 278 g/mol. The van der Waals surface area contributed by atoms with Gasteiger partial charge in [-0.1, -0.05) is 13.2 Å². The van der Waals surface area contributed by atoms with Gasteiger partial charge in [0.25, 0.3) is 5.91 Å². The van der Waals surface area contributed by atoms with E-state index in [1.54, 1.807) is 13.8 Å². The lowest BCUT2D eigenvalue weighted by atomic mass is 9.78. The van der Waals surface area contributed by atoms with Gasteiger partial charge < -0.3 is 5.32 Å². The Morgan fingerprint density at radius 1 is 0.955 bits per heavy atom. The monoisotopic (exact) mass is 307 g/mol. The first-order valence-corrected chi connectivity index (χ1v) is 7.60. The summed E-state index contributed by atoms with van der Waals surface area (Å²) in [6, 6.07) is 0.0483. The summed E-state index contributed by atoms with van der Waals surface area (Å²) in [6.45, 7) is 19.0. The van der Waals surface area contributed by atoms with Crippen LogP contribution in [0.1, 0.15) is 54.4 Å². The van der Waals surface area contributed by atoms with Gasteiger partial charge in [-0.3, -0.25) is 15.0 Å². The molecule has 5 nitrogen and oxygen atoms in total. The molecule has 0 aromatic rings. The molecule has 1 saturated heterocycles. The Kier molecular flexibility index (Phi) is 5.23. The van der Waals surface area contributed by atoms with Crippen LogP contribution in [0.15, 0.2) is 24.3 Å². The summed E-state index contributed by atoms with van der Waals surface area (Å²) in [5.41, 5.74) is 3.36. The number of piperidine rings is 1. The van der Waals surface area contributed by atoms with E-state index in [-0.39, 0.29) is 28.9 Å². The van der Waals surface area contributed by atoms with Crippen molar-refractivity contribution in [3.63, 3.8) is 0 Å². The standard InChI is InChI=1S/C17H29N3O2/c1-11(2)14(21)18-13-9-16(5,6)20(17(7,8)10-13)19-15(22)12(3)4/h13H,1,3,9-10H2,2,4-8H3,(H,18,21)(H,19,22). The molecule has 0 aromatic heterocycles. The van der Waals surface area contributed by atoms with Crippen molar-refractivity contribution < 1.29 is 9.59 Å². The van der Waals surface area contributed by atoms with E-state index in [1.807, 2.05) is 5.01 Å². The van der Waals surface area contributed by atoms with Gasteiger partial charge in [-0.2, -0.15) is 0 Å². The number of carbonyl (C=O) groups is 2. The van der Waals surface area contributed by atoms with E-state index in [4.69, 9.17) is 0 Å². The molecule has 124 valence electrons. The summed E-state index contributed by atoms with van der Waals surface area (Å²) >= 11 is 0. The van der Waals surface area contributed by atoms with Gasteiger partial charge in [-0.25, -0.2) is 5.01 Å². The predicted octanol–water partition coefficient (Wildman–Crippen LogP) is 2.31. The molecule has 0 bridgehead atoms. The highest BCUT2D eigenvalue weighted by atomic mass is 16.2. The van der Waals surface area contributed by atoms with Gasteiger partial charge >= 0.3 is 0 Å². The second-order valence-corrected chi connectivity index (χ2v) is 7.54. The summed E-state index contributed by atoms with van der Waals surface area (Å²) in [7, 11) is 0. The third-order valence-corrected chi connectivity index (χ3v) is 4.03. The first kappa shape index (κ1) is 18.4. The molecule has 1 aliphatic heterocycles. The molecule has 0 aromatic carbocycles. The lowest BCUT2D eigenvalue weighted by molar-refractivity contribution is -0.138. The lowest BCUT2D eigenvalue weighted by Gasteiger charge is -2.54. The Labute approximate surface area is 133 Å². The van der Waals surface area contributed by atoms with Gasteiger partial charge in [0.2, 0.25) is 5.91 Å². The maximum atomic E-state index is 12.0. The van der Waals surface area contributed by atoms with Gasteiger partial charge in [0.15, 0.2) is 0 Å². The third kappa shape index (κ3) is 4.19. The van der Waals surface area contributed by atoms with Crippen LogP contribution in [0.3, 0.4) is 0 Å². The van der Waals surface area contributed by atoms with E-state index >= 15 is 0 Å². The second kappa shape index (κ2) is 6.24. The first-order valence-electron chi connectivity index (χ1n) is 7.60. The normalized spacial score (nSPS) is 21.0. The van der Waals surface area contributed by atoms with Crippen molar-refractivity contribution in [3.05, 3.63) is 24.3 Å². The van der Waals surface area contributed by atoms with Crippen LogP contribution in [-0.4, -0.2) is 33.9 Å². The van der Waals surface area contributed by atoms with Crippen LogP contribution in [-0.2, 0) is 9.59 Å². The smallest absolute Gasteiger partial charge is 0.260 e. The van der Waals surface area contributed by atoms with Crippen molar-refractivity contribution in [1.82, 2.24) is 15.8 Å². The van der Waals surface area contributed by atoms with E-state index in [1.165, 1.54) is 0 Å². The molecule has 0 radical (unpaired) electrons. The molecule has 0 unspecified atom stereocenters. The molecule has 2 amide bonds. The number of hydrazine groups is 1. The lowest BCUT2D eigenvalue weighted by Crippen LogP contribution is -2.69. The highest BCUT2D eigenvalue weighted by molar-refractivity contribution is 5.92. The molecule has 0 spiro atoms. The molecule has 0 saturated carbocycles. The van der Waals surface area contributed by atoms with Crippen molar-refractivity contribution in [2.45, 2.75) is 71.5 Å². The SMILES string of the molecule is C=C(C)C(=O)NC1CC(C)(C)N(NC(=O)C(=C)C)C(C)(C)C1. The van der Waals surface area contributed by atoms with E-state index in [0.717, 1.165) is 12.8 Å². The van der Waals surface area contributed by atoms with E-state index < -0.39 is 0 Å². The average molecular weight is 307 g/mol. The minimum atomic E-state index is -0.292. The highest BCUT2D eigenvalue weighted by Crippen LogP contribution is 2.37. The van der Waals surface area contributed by atoms with E-state index in [0.29, 0.717) is 11.1 Å². The minimum Gasteiger partial charge on any atom is -0.349 e. The van der Waals surface area contributed by atoms with Crippen molar-refractivity contribution in [3.8, 4) is 0 Å². The van der Waals surface area contributed by atoms with Crippen LogP contribution >= 0.6 is 0 Å². The summed E-state index contributed by atoms with van der Waals surface area (Å²) < 4.78 is 0. The quantitative estimate of drug-likeness (QED) is 0.784. The molecule has 1 aliphatic rings. The Bertz CT molecular complexity index is 488. The molecular formula is C17H29N3O2. The maximum absolute atomic E-state index is 12.0. The maximum Gasteiger partial charge on any atom is 0.260 e. The largest absolute Gasteiger partial charge is 0.349 e. The number of rotatable bonds is 4. The van der Waals surface area contributed by atoms with Crippen LogP contribution in [0.2, 0.25) is 0 Å². The molecule has 22 heavy (non-hydrogen) atoms. The average Bonchev–Trinajstić information content (AvgIpc) is 2.31. The number of hydrogen-bond acceptors (Lipinski definition) is 3. The van der Waals surface area contributed by atoms with E-state index in [2.05, 4.69) is 51.6 Å². The fourth-order valence-electron chi connectivity index (χ4n) is 3.19. The van der Waals surface area contributed by atoms with Gasteiger partial charge in [-0.05, 0) is 54.4 Å². The molecule has 1 rings (SSSR count). The number of carbonyl (C=O) groups excluding carboxylic acids is 2. The second-order valence-electron chi connectivity index (χ2n) is 7.54. The molecule has 0 atom stereocenters. The molecule has 0 aliphatic carbocycles. The zero-order chi connectivity index (χ0) is 17.3. The zero-order valence-electron chi connectivity index (χ0n) is 14.7. The Morgan fingerprint density at radius 3 is 1.73 bits per heavy atom. The Balaban J connectivity index is 2.93. The number of nitrogens with one attached hydrogen (secondary N) is 2. The molecule has 5 heteroatoms. The van der Waals surface area contributed by atoms with Crippen LogP contribution in [0.5, 0.6) is 0 Å². The van der Waals surface area contributed by atoms with E-state index in [9.17, 15) is 9.59 Å². The first-order chi connectivity index (χ1) is 9.86. The molecule has 1 fully saturated rings. The van der Waals surface area contributed by atoms with Crippen LogP contribution in [0.25, 0.3) is 0 Å². The van der Waals surface area contributed by atoms with Crippen LogP contribution in [0.4, 0.5) is 0 Å². The minimum absolute atomic E-state index is 0.0483. The van der Waals surface area contributed by atoms with Crippen molar-refractivity contribution in [2.24, 2.45) is 0 Å². The Hall–Kier alpha value is -1.62. The van der Waals surface area contributed by atoms with Gasteiger partial charge in [0, 0.05) is 28.3 Å². The molecule has 2 N–H and O–H groups in total. The van der Waals surface area contributed by atoms with Crippen LogP contribution < -0.4 is 10.7 Å². The molecule has 1 heterocycles. The van der Waals surface area contributed by atoms with Crippen molar-refractivity contribution >= 4 is 11.8 Å². The number of hydrogen-bond donors (Lipinski definition) is 2. The van der Waals surface area contributed by atoms with Gasteiger partial charge in [-0.15, -0.1) is 0 Å². The fourth-order valence-corrected chi connectivity index (χ4v) is 3.19.